The minimum absolute atomic E-state index is 0.101. The van der Waals surface area contributed by atoms with Crippen LogP contribution in [-0.4, -0.2) is 29.8 Å². The van der Waals surface area contributed by atoms with E-state index in [2.05, 4.69) is 10.2 Å². The molecule has 0 aliphatic heterocycles. The summed E-state index contributed by atoms with van der Waals surface area (Å²) in [6.07, 6.45) is -2.20. The molecule has 0 bridgehead atoms. The fourth-order valence-electron chi connectivity index (χ4n) is 1.57. The lowest BCUT2D eigenvalue weighted by atomic mass is 10.1. The summed E-state index contributed by atoms with van der Waals surface area (Å²) >= 11 is 6.22. The van der Waals surface area contributed by atoms with Gasteiger partial charge in [0.2, 0.25) is 11.8 Å². The maximum atomic E-state index is 11.9. The fraction of sp³-hybridized carbons (Fsp3) is 0.385. The van der Waals surface area contributed by atoms with Crippen molar-refractivity contribution in [1.29, 1.82) is 0 Å². The van der Waals surface area contributed by atoms with Gasteiger partial charge in [0, 0.05) is 6.42 Å². The van der Waals surface area contributed by atoms with Crippen LogP contribution in [0.1, 0.15) is 22.7 Å². The molecule has 4 nitrogen and oxygen atoms in total. The number of benzene rings is 1. The highest BCUT2D eigenvalue weighted by atomic mass is 35.5. The van der Waals surface area contributed by atoms with Crippen molar-refractivity contribution in [2.24, 2.45) is 0 Å². The van der Waals surface area contributed by atoms with Gasteiger partial charge in [0.25, 0.3) is 6.43 Å². The van der Waals surface area contributed by atoms with E-state index in [1.807, 2.05) is 30.3 Å². The predicted molar refractivity (Wildman–Crippen MR) is 69.0 cm³/mol. The van der Waals surface area contributed by atoms with E-state index < -0.39 is 18.4 Å². The van der Waals surface area contributed by atoms with Gasteiger partial charge in [0.1, 0.15) is 12.0 Å². The minimum Gasteiger partial charge on any atom is -0.423 e. The molecule has 1 heterocycles. The Morgan fingerprint density at radius 3 is 2.65 bits per heavy atom. The van der Waals surface area contributed by atoms with Crippen LogP contribution in [0.4, 0.5) is 8.78 Å². The van der Waals surface area contributed by atoms with E-state index in [0.717, 1.165) is 5.56 Å². The normalized spacial score (nSPS) is 12.8. The summed E-state index contributed by atoms with van der Waals surface area (Å²) in [5.74, 6) is 0.595. The molecule has 1 unspecified atom stereocenters. The number of hydrogen-bond acceptors (Lipinski definition) is 4. The van der Waals surface area contributed by atoms with Crippen LogP contribution in [0, 0.1) is 0 Å². The third-order valence-corrected chi connectivity index (χ3v) is 2.93. The molecule has 0 N–H and O–H groups in total. The Kier molecular flexibility index (Phi) is 5.43. The van der Waals surface area contributed by atoms with Crippen molar-refractivity contribution in [1.82, 2.24) is 10.2 Å². The van der Waals surface area contributed by atoms with Crippen LogP contribution in [0.15, 0.2) is 34.7 Å². The van der Waals surface area contributed by atoms with Crippen molar-refractivity contribution in [3.63, 3.8) is 0 Å². The van der Waals surface area contributed by atoms with Crippen LogP contribution in [-0.2, 0) is 11.2 Å². The summed E-state index contributed by atoms with van der Waals surface area (Å²) in [6.45, 7) is -0.493. The van der Waals surface area contributed by atoms with Gasteiger partial charge in [-0.25, -0.2) is 8.78 Å². The first-order valence-corrected chi connectivity index (χ1v) is 6.47. The highest BCUT2D eigenvalue weighted by Gasteiger charge is 2.17. The number of aromatic nitrogens is 2. The Hall–Kier alpha value is -1.53. The smallest absolute Gasteiger partial charge is 0.261 e. The lowest BCUT2D eigenvalue weighted by Gasteiger charge is -2.04. The maximum absolute atomic E-state index is 11.9. The third kappa shape index (κ3) is 4.25. The van der Waals surface area contributed by atoms with E-state index in [0.29, 0.717) is 5.89 Å². The summed E-state index contributed by atoms with van der Waals surface area (Å²) < 4.78 is 33.9. The zero-order chi connectivity index (χ0) is 14.4. The highest BCUT2D eigenvalue weighted by molar-refractivity contribution is 6.22. The van der Waals surface area contributed by atoms with Crippen molar-refractivity contribution in [3.8, 4) is 0 Å². The molecule has 0 saturated carbocycles. The number of hydrogen-bond donors (Lipinski definition) is 0. The molecular weight excluding hydrogens is 290 g/mol. The first-order chi connectivity index (χ1) is 9.66. The number of halogens is 3. The second-order valence-corrected chi connectivity index (χ2v) is 4.46. The Balaban J connectivity index is 1.89. The van der Waals surface area contributed by atoms with E-state index in [1.54, 1.807) is 0 Å². The number of alkyl halides is 3. The van der Waals surface area contributed by atoms with Crippen LogP contribution in [0.5, 0.6) is 0 Å². The fourth-order valence-corrected chi connectivity index (χ4v) is 1.80. The van der Waals surface area contributed by atoms with Crippen molar-refractivity contribution in [3.05, 3.63) is 47.7 Å². The zero-order valence-electron chi connectivity index (χ0n) is 10.5. The molecular formula is C13H13ClF2N2O2. The Morgan fingerprint density at radius 2 is 1.95 bits per heavy atom. The molecule has 1 aromatic heterocycles. The van der Waals surface area contributed by atoms with E-state index >= 15 is 0 Å². The average molecular weight is 303 g/mol. The van der Waals surface area contributed by atoms with Crippen molar-refractivity contribution in [2.45, 2.75) is 18.2 Å². The second-order valence-electron chi connectivity index (χ2n) is 4.02. The maximum Gasteiger partial charge on any atom is 0.261 e. The van der Waals surface area contributed by atoms with Crippen LogP contribution < -0.4 is 0 Å². The van der Waals surface area contributed by atoms with Gasteiger partial charge in [0.05, 0.1) is 6.61 Å². The number of nitrogens with zero attached hydrogens (tertiary/aromatic N) is 2. The van der Waals surface area contributed by atoms with Crippen molar-refractivity contribution < 1.29 is 17.9 Å². The first-order valence-electron chi connectivity index (χ1n) is 6.04. The summed E-state index contributed by atoms with van der Waals surface area (Å²) in [7, 11) is 0. The first kappa shape index (κ1) is 14.9. The molecule has 2 rings (SSSR count). The summed E-state index contributed by atoms with van der Waals surface area (Å²) in [5, 5.41) is 7.14. The molecule has 0 amide bonds. The molecule has 0 spiro atoms. The second kappa shape index (κ2) is 7.31. The molecule has 20 heavy (non-hydrogen) atoms. The van der Waals surface area contributed by atoms with E-state index in [-0.39, 0.29) is 18.9 Å². The molecule has 0 radical (unpaired) electrons. The van der Waals surface area contributed by atoms with Gasteiger partial charge in [0.15, 0.2) is 0 Å². The average Bonchev–Trinajstić information content (AvgIpc) is 2.92. The van der Waals surface area contributed by atoms with Gasteiger partial charge in [-0.3, -0.25) is 0 Å². The van der Waals surface area contributed by atoms with Gasteiger partial charge < -0.3 is 9.15 Å². The molecule has 0 aliphatic carbocycles. The van der Waals surface area contributed by atoms with Crippen LogP contribution >= 0.6 is 11.6 Å². The lowest BCUT2D eigenvalue weighted by molar-refractivity contribution is 0.0173. The van der Waals surface area contributed by atoms with Crippen LogP contribution in [0.2, 0.25) is 0 Å². The largest absolute Gasteiger partial charge is 0.423 e. The van der Waals surface area contributed by atoms with Gasteiger partial charge in [-0.15, -0.1) is 21.8 Å². The van der Waals surface area contributed by atoms with Crippen LogP contribution in [0.25, 0.3) is 0 Å². The standard InChI is InChI=1S/C13H13ClF2N2O2/c14-12(9-4-2-1-3-5-9)13-18-17-11(20-13)6-7-19-8-10(15)16/h1-5,10,12H,6-8H2. The predicted octanol–water partition coefficient (Wildman–Crippen LogP) is 3.22. The minimum atomic E-state index is -2.47. The van der Waals surface area contributed by atoms with E-state index in [9.17, 15) is 8.78 Å². The number of rotatable bonds is 7. The summed E-state index contributed by atoms with van der Waals surface area (Å²) in [4.78, 5) is 0. The van der Waals surface area contributed by atoms with Crippen molar-refractivity contribution in [2.75, 3.05) is 13.2 Å². The van der Waals surface area contributed by atoms with Gasteiger partial charge in [-0.1, -0.05) is 30.3 Å². The lowest BCUT2D eigenvalue weighted by Crippen LogP contribution is -2.07. The van der Waals surface area contributed by atoms with E-state index in [4.69, 9.17) is 20.8 Å². The van der Waals surface area contributed by atoms with Gasteiger partial charge in [-0.05, 0) is 5.56 Å². The molecule has 108 valence electrons. The third-order valence-electron chi connectivity index (χ3n) is 2.50. The Labute approximate surface area is 119 Å². The van der Waals surface area contributed by atoms with E-state index in [1.165, 1.54) is 0 Å². The molecule has 0 saturated heterocycles. The molecule has 0 aliphatic rings. The molecule has 1 atom stereocenters. The Bertz CT molecular complexity index is 522. The van der Waals surface area contributed by atoms with Crippen molar-refractivity contribution >= 4 is 11.6 Å². The quantitative estimate of drug-likeness (QED) is 0.582. The topological polar surface area (TPSA) is 48.2 Å². The number of ether oxygens (including phenoxy) is 1. The van der Waals surface area contributed by atoms with Gasteiger partial charge in [-0.2, -0.15) is 0 Å². The van der Waals surface area contributed by atoms with Crippen LogP contribution in [0.3, 0.4) is 0 Å². The zero-order valence-corrected chi connectivity index (χ0v) is 11.3. The molecule has 0 fully saturated rings. The molecule has 7 heteroatoms. The summed E-state index contributed by atoms with van der Waals surface area (Å²) in [5.41, 5.74) is 0.846. The van der Waals surface area contributed by atoms with Gasteiger partial charge >= 0.3 is 0 Å². The highest BCUT2D eigenvalue weighted by Crippen LogP contribution is 2.27. The monoisotopic (exact) mass is 302 g/mol. The molecule has 2 aromatic rings. The Morgan fingerprint density at radius 1 is 1.20 bits per heavy atom. The SMILES string of the molecule is FC(F)COCCc1nnc(C(Cl)c2ccccc2)o1. The molecule has 1 aromatic carbocycles. The summed E-state index contributed by atoms with van der Waals surface area (Å²) in [6, 6.07) is 9.31.